The molecule has 2 amide bonds. The topological polar surface area (TPSA) is 94.4 Å². The van der Waals surface area contributed by atoms with Gasteiger partial charge < -0.3 is 20.4 Å². The van der Waals surface area contributed by atoms with Crippen molar-refractivity contribution in [2.24, 2.45) is 5.92 Å². The average Bonchev–Trinajstić information content (AvgIpc) is 3.13. The van der Waals surface area contributed by atoms with Crippen LogP contribution >= 0.6 is 11.5 Å². The molecule has 0 radical (unpaired) electrons. The van der Waals surface area contributed by atoms with E-state index in [1.54, 1.807) is 4.90 Å². The van der Waals surface area contributed by atoms with Crippen molar-refractivity contribution in [3.8, 4) is 5.75 Å². The first kappa shape index (κ1) is 22.0. The predicted molar refractivity (Wildman–Crippen MR) is 131 cm³/mol. The maximum absolute atomic E-state index is 12.9. The highest BCUT2D eigenvalue weighted by atomic mass is 32.1. The highest BCUT2D eigenvalue weighted by Gasteiger charge is 2.55. The zero-order chi connectivity index (χ0) is 23.0. The summed E-state index contributed by atoms with van der Waals surface area (Å²) in [6.45, 7) is 4.14. The molecule has 1 saturated carbocycles. The minimum absolute atomic E-state index is 0.204. The molecule has 174 valence electrons. The smallest absolute Gasteiger partial charge is 0.328 e. The Morgan fingerprint density at radius 1 is 1.42 bits per heavy atom. The third kappa shape index (κ3) is 4.04. The molecular formula is C24H30N6O2S. The van der Waals surface area contributed by atoms with Gasteiger partial charge in [-0.25, -0.2) is 9.78 Å². The van der Waals surface area contributed by atoms with Crippen molar-refractivity contribution in [2.45, 2.75) is 50.6 Å². The number of anilines is 2. The number of benzene rings is 1. The maximum Gasteiger partial charge on any atom is 0.328 e. The van der Waals surface area contributed by atoms with E-state index < -0.39 is 0 Å². The third-order valence-electron chi connectivity index (χ3n) is 7.12. The molecule has 2 fully saturated rings. The third-order valence-corrected chi connectivity index (χ3v) is 7.86. The standard InChI is InChI=1S/C24H30N6O2S/c1-3-10-24(13-16(24)9-11-25)21-27-23(33-28-21)30-14-18-19(26-22(30)31)7-4-8-20(18)32-15-17-6-5-12-29(17)2/h3-4,7-8,10-11,16-17,25H,5-6,9,12-15H2,1-2H3,(H,26,31)/b10-3-,25-11?. The Balaban J connectivity index is 1.36. The van der Waals surface area contributed by atoms with Gasteiger partial charge in [-0.15, -0.1) is 0 Å². The van der Waals surface area contributed by atoms with Gasteiger partial charge in [0.2, 0.25) is 5.13 Å². The van der Waals surface area contributed by atoms with Crippen LogP contribution in [0.1, 0.15) is 44.0 Å². The number of ether oxygens (including phenoxy) is 1. The first-order chi connectivity index (χ1) is 16.1. The number of aromatic nitrogens is 2. The molecule has 8 nitrogen and oxygen atoms in total. The number of nitrogens with one attached hydrogen (secondary N) is 2. The molecule has 1 aromatic carbocycles. The van der Waals surface area contributed by atoms with Crippen LogP contribution in [0, 0.1) is 11.3 Å². The van der Waals surface area contributed by atoms with E-state index in [2.05, 4.69) is 27.7 Å². The van der Waals surface area contributed by atoms with Crippen molar-refractivity contribution in [1.29, 1.82) is 5.41 Å². The fraction of sp³-hybridized carbons (Fsp3) is 0.500. The first-order valence-corrected chi connectivity index (χ1v) is 12.3. The van der Waals surface area contributed by atoms with Gasteiger partial charge in [0.15, 0.2) is 5.82 Å². The van der Waals surface area contributed by atoms with Gasteiger partial charge in [-0.2, -0.15) is 4.37 Å². The van der Waals surface area contributed by atoms with Crippen LogP contribution in [-0.2, 0) is 12.0 Å². The van der Waals surface area contributed by atoms with Crippen LogP contribution in [0.4, 0.5) is 15.6 Å². The Morgan fingerprint density at radius 3 is 3.06 bits per heavy atom. The Kier molecular flexibility index (Phi) is 5.92. The van der Waals surface area contributed by atoms with Gasteiger partial charge >= 0.3 is 6.03 Å². The number of rotatable bonds is 8. The van der Waals surface area contributed by atoms with E-state index in [4.69, 9.17) is 15.1 Å². The van der Waals surface area contributed by atoms with Gasteiger partial charge in [-0.1, -0.05) is 18.2 Å². The van der Waals surface area contributed by atoms with Gasteiger partial charge in [0, 0.05) is 23.1 Å². The van der Waals surface area contributed by atoms with Crippen molar-refractivity contribution >= 4 is 34.6 Å². The van der Waals surface area contributed by atoms with Crippen molar-refractivity contribution < 1.29 is 9.53 Å². The van der Waals surface area contributed by atoms with Crippen LogP contribution in [0.3, 0.4) is 0 Å². The number of allylic oxidation sites excluding steroid dienone is 2. The van der Waals surface area contributed by atoms with Crippen molar-refractivity contribution in [2.75, 3.05) is 30.4 Å². The lowest BCUT2D eigenvalue weighted by atomic mass is 10.0. The minimum Gasteiger partial charge on any atom is -0.492 e. The van der Waals surface area contributed by atoms with Gasteiger partial charge in [0.1, 0.15) is 12.4 Å². The number of carbonyl (C=O) groups is 1. The second-order valence-electron chi connectivity index (χ2n) is 9.17. The summed E-state index contributed by atoms with van der Waals surface area (Å²) >= 11 is 1.25. The van der Waals surface area contributed by atoms with Crippen LogP contribution < -0.4 is 15.0 Å². The van der Waals surface area contributed by atoms with Crippen LogP contribution in [0.25, 0.3) is 0 Å². The molecule has 2 aliphatic heterocycles. The largest absolute Gasteiger partial charge is 0.492 e. The molecular weight excluding hydrogens is 436 g/mol. The maximum atomic E-state index is 12.9. The monoisotopic (exact) mass is 466 g/mol. The SMILES string of the molecule is C/C=C\C1(c2nsc(N3Cc4c(cccc4OCC4CCCN4C)NC3=O)n2)CC1CC=N. The number of hydrogen-bond acceptors (Lipinski definition) is 7. The number of likely N-dealkylation sites (N-methyl/N-ethyl adjacent to an activating group) is 1. The van der Waals surface area contributed by atoms with Crippen LogP contribution in [0.15, 0.2) is 30.4 Å². The number of fused-ring (bicyclic) bond motifs is 1. The summed E-state index contributed by atoms with van der Waals surface area (Å²) in [5.41, 5.74) is 1.54. The van der Waals surface area contributed by atoms with E-state index in [1.807, 2.05) is 31.2 Å². The van der Waals surface area contributed by atoms with Crippen LogP contribution in [-0.4, -0.2) is 52.7 Å². The number of amides is 2. The lowest BCUT2D eigenvalue weighted by Crippen LogP contribution is -2.39. The van der Waals surface area contributed by atoms with E-state index in [0.29, 0.717) is 36.7 Å². The lowest BCUT2D eigenvalue weighted by molar-refractivity contribution is 0.197. The van der Waals surface area contributed by atoms with E-state index in [0.717, 1.165) is 42.2 Å². The molecule has 1 aromatic heterocycles. The average molecular weight is 467 g/mol. The van der Waals surface area contributed by atoms with Crippen molar-refractivity contribution in [3.63, 3.8) is 0 Å². The summed E-state index contributed by atoms with van der Waals surface area (Å²) in [6, 6.07) is 6.03. The minimum atomic E-state index is -0.215. The lowest BCUT2D eigenvalue weighted by Gasteiger charge is -2.29. The fourth-order valence-electron chi connectivity index (χ4n) is 5.07. The second kappa shape index (κ2) is 8.87. The van der Waals surface area contributed by atoms with Crippen molar-refractivity contribution in [1.82, 2.24) is 14.3 Å². The molecule has 3 aliphatic rings. The summed E-state index contributed by atoms with van der Waals surface area (Å²) < 4.78 is 10.9. The summed E-state index contributed by atoms with van der Waals surface area (Å²) in [7, 11) is 2.14. The Hall–Kier alpha value is -2.78. The molecule has 33 heavy (non-hydrogen) atoms. The van der Waals surface area contributed by atoms with Gasteiger partial charge in [0.05, 0.1) is 17.6 Å². The molecule has 3 unspecified atom stereocenters. The van der Waals surface area contributed by atoms with E-state index in [9.17, 15) is 4.79 Å². The summed E-state index contributed by atoms with van der Waals surface area (Å²) in [5, 5.41) is 11.0. The molecule has 0 spiro atoms. The van der Waals surface area contributed by atoms with Gasteiger partial charge in [0.25, 0.3) is 0 Å². The second-order valence-corrected chi connectivity index (χ2v) is 9.90. The highest BCUT2D eigenvalue weighted by Crippen LogP contribution is 2.56. The number of urea groups is 1. The summed E-state index contributed by atoms with van der Waals surface area (Å²) in [4.78, 5) is 21.7. The predicted octanol–water partition coefficient (Wildman–Crippen LogP) is 4.44. The quantitative estimate of drug-likeness (QED) is 0.443. The van der Waals surface area contributed by atoms with Crippen LogP contribution in [0.2, 0.25) is 0 Å². The Bertz CT molecular complexity index is 1080. The van der Waals surface area contributed by atoms with Crippen molar-refractivity contribution in [3.05, 3.63) is 41.7 Å². The molecule has 3 atom stereocenters. The van der Waals surface area contributed by atoms with E-state index in [-0.39, 0.29) is 11.4 Å². The molecule has 3 heterocycles. The number of likely N-dealkylation sites (tertiary alicyclic amines) is 1. The Morgan fingerprint density at radius 2 is 2.30 bits per heavy atom. The normalized spacial score (nSPS) is 27.0. The van der Waals surface area contributed by atoms with E-state index in [1.165, 1.54) is 24.2 Å². The van der Waals surface area contributed by atoms with Gasteiger partial charge in [-0.3, -0.25) is 4.90 Å². The molecule has 0 bridgehead atoms. The number of nitrogens with zero attached hydrogens (tertiary/aromatic N) is 4. The first-order valence-electron chi connectivity index (χ1n) is 11.6. The number of carbonyl (C=O) groups excluding carboxylic acids is 1. The molecule has 1 saturated heterocycles. The van der Waals surface area contributed by atoms with Gasteiger partial charge in [-0.05, 0) is 70.5 Å². The zero-order valence-corrected chi connectivity index (χ0v) is 19.9. The van der Waals surface area contributed by atoms with E-state index >= 15 is 0 Å². The number of hydrogen-bond donors (Lipinski definition) is 2. The zero-order valence-electron chi connectivity index (χ0n) is 19.1. The fourth-order valence-corrected chi connectivity index (χ4v) is 5.82. The molecule has 9 heteroatoms. The summed E-state index contributed by atoms with van der Waals surface area (Å²) in [6.07, 6.45) is 9.64. The molecule has 2 aromatic rings. The van der Waals surface area contributed by atoms with Crippen LogP contribution in [0.5, 0.6) is 5.75 Å². The molecule has 5 rings (SSSR count). The summed E-state index contributed by atoms with van der Waals surface area (Å²) in [5.74, 6) is 1.90. The molecule has 2 N–H and O–H groups in total. The molecule has 1 aliphatic carbocycles. The Labute approximate surface area is 198 Å². The highest BCUT2D eigenvalue weighted by molar-refractivity contribution is 7.10.